The molecule has 0 unspecified atom stereocenters. The lowest BCUT2D eigenvalue weighted by Crippen LogP contribution is -2.58. The van der Waals surface area contributed by atoms with Crippen LogP contribution < -0.4 is 0 Å². The normalized spacial score (nSPS) is 20.2. The standard InChI is InChI=1S/C20H33NO4S2Si/c1-7-24-18(23)15-8-9-17(27-15)26-13-12-21-16(22)10-11-20(21,19(2,3)4)14-25-28(5)6/h8-9,28H,7,10-14H2,1-6H3/t20-/m0/s1. The van der Waals surface area contributed by atoms with E-state index in [1.165, 1.54) is 11.3 Å². The molecule has 0 bridgehead atoms. The Balaban J connectivity index is 2.04. The number of carbonyl (C=O) groups excluding carboxylic acids is 2. The lowest BCUT2D eigenvalue weighted by Gasteiger charge is -2.48. The highest BCUT2D eigenvalue weighted by Crippen LogP contribution is 2.45. The maximum atomic E-state index is 12.7. The molecule has 2 heterocycles. The number of carbonyl (C=O) groups is 2. The van der Waals surface area contributed by atoms with Crippen LogP contribution in [0.3, 0.4) is 0 Å². The van der Waals surface area contributed by atoms with Gasteiger partial charge in [-0.15, -0.1) is 23.1 Å². The van der Waals surface area contributed by atoms with E-state index in [4.69, 9.17) is 9.16 Å². The topological polar surface area (TPSA) is 55.8 Å². The summed E-state index contributed by atoms with van der Waals surface area (Å²) in [5, 5.41) is 0. The minimum Gasteiger partial charge on any atom is -0.462 e. The van der Waals surface area contributed by atoms with Crippen LogP contribution in [-0.2, 0) is 14.0 Å². The van der Waals surface area contributed by atoms with Gasteiger partial charge in [-0.3, -0.25) is 4.79 Å². The smallest absolute Gasteiger partial charge is 0.348 e. The molecule has 0 N–H and O–H groups in total. The number of ether oxygens (including phenoxy) is 1. The average molecular weight is 444 g/mol. The zero-order valence-electron chi connectivity index (χ0n) is 17.9. The summed E-state index contributed by atoms with van der Waals surface area (Å²) in [6.45, 7) is 14.5. The van der Waals surface area contributed by atoms with Gasteiger partial charge in [0.1, 0.15) is 4.88 Å². The molecule has 1 fully saturated rings. The van der Waals surface area contributed by atoms with Crippen molar-refractivity contribution in [3.05, 3.63) is 17.0 Å². The Morgan fingerprint density at radius 2 is 2.07 bits per heavy atom. The fourth-order valence-corrected chi connectivity index (χ4v) is 6.19. The zero-order chi connectivity index (χ0) is 20.9. The van der Waals surface area contributed by atoms with Crippen LogP contribution in [0.25, 0.3) is 0 Å². The van der Waals surface area contributed by atoms with Gasteiger partial charge in [0, 0.05) is 18.7 Å². The Morgan fingerprint density at radius 3 is 2.68 bits per heavy atom. The molecule has 8 heteroatoms. The molecule has 1 aromatic rings. The molecule has 0 aliphatic carbocycles. The number of hydrogen-bond donors (Lipinski definition) is 0. The van der Waals surface area contributed by atoms with Crippen molar-refractivity contribution in [3.8, 4) is 0 Å². The van der Waals surface area contributed by atoms with E-state index in [1.54, 1.807) is 18.7 Å². The van der Waals surface area contributed by atoms with Crippen LogP contribution in [0, 0.1) is 5.41 Å². The van der Waals surface area contributed by atoms with Crippen LogP contribution in [0.1, 0.15) is 50.2 Å². The Hall–Kier alpha value is -0.833. The van der Waals surface area contributed by atoms with Crippen molar-refractivity contribution in [1.82, 2.24) is 4.90 Å². The van der Waals surface area contributed by atoms with Crippen molar-refractivity contribution in [1.29, 1.82) is 0 Å². The fourth-order valence-electron chi connectivity index (χ4n) is 3.56. The molecule has 5 nitrogen and oxygen atoms in total. The molecule has 158 valence electrons. The highest BCUT2D eigenvalue weighted by molar-refractivity contribution is 8.01. The average Bonchev–Trinajstić information content (AvgIpc) is 3.19. The Labute approximate surface area is 178 Å². The van der Waals surface area contributed by atoms with Gasteiger partial charge >= 0.3 is 5.97 Å². The van der Waals surface area contributed by atoms with E-state index in [1.807, 2.05) is 12.1 Å². The highest BCUT2D eigenvalue weighted by atomic mass is 32.2. The molecule has 1 aromatic heterocycles. The molecule has 1 saturated heterocycles. The Bertz CT molecular complexity index is 686. The number of nitrogens with zero attached hydrogens (tertiary/aromatic N) is 1. The van der Waals surface area contributed by atoms with Crippen LogP contribution in [0.15, 0.2) is 16.3 Å². The van der Waals surface area contributed by atoms with Crippen LogP contribution >= 0.6 is 23.1 Å². The number of hydrogen-bond acceptors (Lipinski definition) is 6. The van der Waals surface area contributed by atoms with Crippen molar-refractivity contribution in [2.24, 2.45) is 5.41 Å². The van der Waals surface area contributed by atoms with E-state index < -0.39 is 9.04 Å². The van der Waals surface area contributed by atoms with E-state index in [0.717, 1.165) is 16.4 Å². The molecule has 0 spiro atoms. The first-order valence-corrected chi connectivity index (χ1v) is 14.5. The van der Waals surface area contributed by atoms with Crippen LogP contribution in [-0.4, -0.2) is 56.9 Å². The molecule has 1 aliphatic rings. The van der Waals surface area contributed by atoms with E-state index in [-0.39, 0.29) is 22.8 Å². The molecular formula is C20H33NO4S2Si. The molecule has 1 aliphatic heterocycles. The maximum Gasteiger partial charge on any atom is 0.348 e. The molecule has 2 rings (SSSR count). The van der Waals surface area contributed by atoms with Crippen molar-refractivity contribution in [2.45, 2.75) is 63.4 Å². The first-order chi connectivity index (χ1) is 13.1. The number of thiophene rings is 1. The van der Waals surface area contributed by atoms with Gasteiger partial charge in [-0.25, -0.2) is 4.79 Å². The number of rotatable bonds is 9. The molecule has 28 heavy (non-hydrogen) atoms. The fraction of sp³-hybridized carbons (Fsp3) is 0.700. The number of thioether (sulfide) groups is 1. The lowest BCUT2D eigenvalue weighted by molar-refractivity contribution is -0.135. The largest absolute Gasteiger partial charge is 0.462 e. The second-order valence-electron chi connectivity index (χ2n) is 8.37. The highest BCUT2D eigenvalue weighted by Gasteiger charge is 2.52. The van der Waals surface area contributed by atoms with Crippen LogP contribution in [0.5, 0.6) is 0 Å². The third-order valence-corrected chi connectivity index (χ3v) is 8.34. The second kappa shape index (κ2) is 9.78. The van der Waals surface area contributed by atoms with Crippen molar-refractivity contribution in [3.63, 3.8) is 0 Å². The van der Waals surface area contributed by atoms with Crippen LogP contribution in [0.2, 0.25) is 13.1 Å². The predicted octanol–water partition coefficient (Wildman–Crippen LogP) is 4.42. The molecule has 0 aromatic carbocycles. The van der Waals surface area contributed by atoms with Crippen molar-refractivity contribution in [2.75, 3.05) is 25.5 Å². The molecule has 0 radical (unpaired) electrons. The third-order valence-electron chi connectivity index (χ3n) is 5.24. The van der Waals surface area contributed by atoms with E-state index in [9.17, 15) is 9.59 Å². The maximum absolute atomic E-state index is 12.7. The van der Waals surface area contributed by atoms with Gasteiger partial charge < -0.3 is 14.1 Å². The molecular weight excluding hydrogens is 410 g/mol. The van der Waals surface area contributed by atoms with Gasteiger partial charge in [-0.2, -0.15) is 0 Å². The minimum absolute atomic E-state index is 0.0485. The molecule has 1 amide bonds. The van der Waals surface area contributed by atoms with Gasteiger partial charge in [0.2, 0.25) is 5.91 Å². The van der Waals surface area contributed by atoms with E-state index in [0.29, 0.717) is 31.1 Å². The summed E-state index contributed by atoms with van der Waals surface area (Å²) >= 11 is 3.14. The van der Waals surface area contributed by atoms with Crippen molar-refractivity contribution >= 4 is 44.0 Å². The summed E-state index contributed by atoms with van der Waals surface area (Å²) in [4.78, 5) is 27.2. The predicted molar refractivity (Wildman–Crippen MR) is 119 cm³/mol. The van der Waals surface area contributed by atoms with Gasteiger partial charge in [0.05, 0.1) is 23.0 Å². The molecule has 1 atom stereocenters. The molecule has 0 saturated carbocycles. The van der Waals surface area contributed by atoms with E-state index in [2.05, 4.69) is 38.8 Å². The van der Waals surface area contributed by atoms with Crippen LogP contribution in [0.4, 0.5) is 0 Å². The first-order valence-electron chi connectivity index (χ1n) is 9.92. The summed E-state index contributed by atoms with van der Waals surface area (Å²) < 4.78 is 12.3. The summed E-state index contributed by atoms with van der Waals surface area (Å²) in [5.41, 5.74) is -0.291. The van der Waals surface area contributed by atoms with Crippen molar-refractivity contribution < 1.29 is 18.8 Å². The Morgan fingerprint density at radius 1 is 1.36 bits per heavy atom. The monoisotopic (exact) mass is 443 g/mol. The first kappa shape index (κ1) is 23.4. The second-order valence-corrected chi connectivity index (χ2v) is 13.3. The summed E-state index contributed by atoms with van der Waals surface area (Å²) in [6.07, 6.45) is 1.45. The summed E-state index contributed by atoms with van der Waals surface area (Å²) in [7, 11) is -1.16. The summed E-state index contributed by atoms with van der Waals surface area (Å²) in [5.74, 6) is 0.754. The quantitative estimate of drug-likeness (QED) is 0.321. The SMILES string of the molecule is CCOC(=O)c1ccc(SCCN2C(=O)CC[C@]2(CO[SiH](C)C)C(C)(C)C)s1. The number of esters is 1. The Kier molecular flexibility index (Phi) is 8.19. The number of amides is 1. The van der Waals surface area contributed by atoms with Gasteiger partial charge in [-0.05, 0) is 44.0 Å². The lowest BCUT2D eigenvalue weighted by atomic mass is 9.72. The van der Waals surface area contributed by atoms with Gasteiger partial charge in [0.25, 0.3) is 0 Å². The van der Waals surface area contributed by atoms with Gasteiger partial charge in [0.15, 0.2) is 9.04 Å². The third kappa shape index (κ3) is 5.40. The van der Waals surface area contributed by atoms with E-state index >= 15 is 0 Å². The summed E-state index contributed by atoms with van der Waals surface area (Å²) in [6, 6.07) is 3.77. The van der Waals surface area contributed by atoms with Gasteiger partial charge in [-0.1, -0.05) is 20.8 Å². The zero-order valence-corrected chi connectivity index (χ0v) is 20.7. The number of likely N-dealkylation sites (tertiary alicyclic amines) is 1. The minimum atomic E-state index is -1.16.